The van der Waals surface area contributed by atoms with E-state index in [4.69, 9.17) is 10.2 Å². The summed E-state index contributed by atoms with van der Waals surface area (Å²) in [6, 6.07) is -1.18. The number of aliphatic hydroxyl groups excluding tert-OH is 1. The second-order valence-corrected chi connectivity index (χ2v) is 1.99. The summed E-state index contributed by atoms with van der Waals surface area (Å²) >= 11 is 0. The monoisotopic (exact) mass is 161 g/mol. The molecule has 0 fully saturated rings. The molecule has 0 aromatic carbocycles. The van der Waals surface area contributed by atoms with Crippen LogP contribution in [0.2, 0.25) is 0 Å². The lowest BCUT2D eigenvalue weighted by Crippen LogP contribution is -2.42. The van der Waals surface area contributed by atoms with Crippen LogP contribution in [0.1, 0.15) is 13.3 Å². The van der Waals surface area contributed by atoms with Crippen LogP contribution in [0, 0.1) is 0 Å². The average molecular weight is 161 g/mol. The third-order valence-electron chi connectivity index (χ3n) is 1.14. The summed E-state index contributed by atoms with van der Waals surface area (Å²) in [5, 5.41) is 18.9. The molecule has 0 radical (unpaired) electrons. The van der Waals surface area contributed by atoms with E-state index < -0.39 is 18.6 Å². The fourth-order valence-corrected chi connectivity index (χ4v) is 0.482. The molecular weight excluding hydrogens is 150 g/mol. The van der Waals surface area contributed by atoms with E-state index in [2.05, 4.69) is 5.32 Å². The molecule has 3 N–H and O–H groups in total. The van der Waals surface area contributed by atoms with Gasteiger partial charge in [0.15, 0.2) is 0 Å². The SMILES string of the molecule is CCC(=O)NC(CO)C(=O)O. The van der Waals surface area contributed by atoms with E-state index in [9.17, 15) is 9.59 Å². The zero-order valence-corrected chi connectivity index (χ0v) is 6.20. The molecule has 0 heterocycles. The van der Waals surface area contributed by atoms with Gasteiger partial charge in [0.1, 0.15) is 6.04 Å². The lowest BCUT2D eigenvalue weighted by atomic mass is 10.3. The van der Waals surface area contributed by atoms with E-state index in [0.717, 1.165) is 0 Å². The maximum atomic E-state index is 10.6. The standard InChI is InChI=1S/C6H11NO4/c1-2-5(9)7-4(3-8)6(10)11/h4,8H,2-3H2,1H3,(H,7,9)(H,10,11). The van der Waals surface area contributed by atoms with Crippen molar-refractivity contribution in [3.8, 4) is 0 Å². The highest BCUT2D eigenvalue weighted by Gasteiger charge is 2.16. The Kier molecular flexibility index (Phi) is 4.21. The number of aliphatic carboxylic acids is 1. The summed E-state index contributed by atoms with van der Waals surface area (Å²) < 4.78 is 0. The molecule has 0 spiro atoms. The number of carbonyl (C=O) groups is 2. The van der Waals surface area contributed by atoms with E-state index in [0.29, 0.717) is 0 Å². The second-order valence-electron chi connectivity index (χ2n) is 1.99. The minimum atomic E-state index is -1.23. The molecule has 1 atom stereocenters. The number of hydrogen-bond donors (Lipinski definition) is 3. The summed E-state index contributed by atoms with van der Waals surface area (Å²) in [6.45, 7) is 1.02. The lowest BCUT2D eigenvalue weighted by Gasteiger charge is -2.09. The number of carbonyl (C=O) groups excluding carboxylic acids is 1. The van der Waals surface area contributed by atoms with Crippen LogP contribution in [-0.2, 0) is 9.59 Å². The number of carboxylic acid groups (broad SMARTS) is 1. The first-order valence-electron chi connectivity index (χ1n) is 3.24. The highest BCUT2D eigenvalue weighted by atomic mass is 16.4. The van der Waals surface area contributed by atoms with Gasteiger partial charge in [-0.1, -0.05) is 6.92 Å². The van der Waals surface area contributed by atoms with Gasteiger partial charge < -0.3 is 15.5 Å². The molecule has 0 aliphatic carbocycles. The van der Waals surface area contributed by atoms with Crippen molar-refractivity contribution in [2.75, 3.05) is 6.61 Å². The topological polar surface area (TPSA) is 86.6 Å². The minimum Gasteiger partial charge on any atom is -0.480 e. The second kappa shape index (κ2) is 4.68. The lowest BCUT2D eigenvalue weighted by molar-refractivity contribution is -0.142. The summed E-state index contributed by atoms with van der Waals surface area (Å²) in [6.07, 6.45) is 0.212. The normalized spacial score (nSPS) is 12.2. The molecule has 11 heavy (non-hydrogen) atoms. The fourth-order valence-electron chi connectivity index (χ4n) is 0.482. The molecule has 0 aromatic heterocycles. The fraction of sp³-hybridized carbons (Fsp3) is 0.667. The maximum Gasteiger partial charge on any atom is 0.328 e. The van der Waals surface area contributed by atoms with E-state index in [-0.39, 0.29) is 12.3 Å². The quantitative estimate of drug-likeness (QED) is 0.491. The molecule has 64 valence electrons. The summed E-state index contributed by atoms with van der Waals surface area (Å²) in [4.78, 5) is 20.8. The molecule has 1 unspecified atom stereocenters. The third kappa shape index (κ3) is 3.57. The Morgan fingerprint density at radius 2 is 2.09 bits per heavy atom. The van der Waals surface area contributed by atoms with Crippen LogP contribution in [0.25, 0.3) is 0 Å². The Labute approximate surface area is 64.0 Å². The molecule has 5 nitrogen and oxygen atoms in total. The Balaban J connectivity index is 3.88. The van der Waals surface area contributed by atoms with Crippen molar-refractivity contribution in [3.05, 3.63) is 0 Å². The third-order valence-corrected chi connectivity index (χ3v) is 1.14. The van der Waals surface area contributed by atoms with Crippen LogP contribution in [0.5, 0.6) is 0 Å². The van der Waals surface area contributed by atoms with Gasteiger partial charge in [0, 0.05) is 6.42 Å². The van der Waals surface area contributed by atoms with Crippen molar-refractivity contribution < 1.29 is 19.8 Å². The van der Waals surface area contributed by atoms with Gasteiger partial charge in [-0.05, 0) is 0 Å². The average Bonchev–Trinajstić information content (AvgIpc) is 1.99. The van der Waals surface area contributed by atoms with E-state index in [1.807, 2.05) is 0 Å². The molecule has 0 bridgehead atoms. The van der Waals surface area contributed by atoms with Gasteiger partial charge in [0.25, 0.3) is 0 Å². The van der Waals surface area contributed by atoms with Crippen LogP contribution in [0.4, 0.5) is 0 Å². The molecular formula is C6H11NO4. The Morgan fingerprint density at radius 1 is 1.55 bits per heavy atom. The highest BCUT2D eigenvalue weighted by molar-refractivity contribution is 5.83. The van der Waals surface area contributed by atoms with Crippen LogP contribution >= 0.6 is 0 Å². The molecule has 0 aliphatic rings. The Morgan fingerprint density at radius 3 is 2.36 bits per heavy atom. The predicted molar refractivity (Wildman–Crippen MR) is 36.9 cm³/mol. The smallest absolute Gasteiger partial charge is 0.328 e. The molecule has 0 saturated carbocycles. The molecule has 0 aliphatic heterocycles. The van der Waals surface area contributed by atoms with Crippen molar-refractivity contribution in [3.63, 3.8) is 0 Å². The molecule has 0 saturated heterocycles. The first-order valence-corrected chi connectivity index (χ1v) is 3.24. The van der Waals surface area contributed by atoms with Crippen LogP contribution in [0.3, 0.4) is 0 Å². The molecule has 1 amide bonds. The summed E-state index contributed by atoms with van der Waals surface area (Å²) in [5.74, 6) is -1.61. The van der Waals surface area contributed by atoms with E-state index in [1.165, 1.54) is 0 Å². The number of amides is 1. The summed E-state index contributed by atoms with van der Waals surface area (Å²) in [5.41, 5.74) is 0. The summed E-state index contributed by atoms with van der Waals surface area (Å²) in [7, 11) is 0. The van der Waals surface area contributed by atoms with Gasteiger partial charge >= 0.3 is 5.97 Å². The van der Waals surface area contributed by atoms with Crippen molar-refractivity contribution >= 4 is 11.9 Å². The largest absolute Gasteiger partial charge is 0.480 e. The molecule has 5 heteroatoms. The van der Waals surface area contributed by atoms with Gasteiger partial charge in [0.2, 0.25) is 5.91 Å². The van der Waals surface area contributed by atoms with Crippen molar-refractivity contribution in [2.24, 2.45) is 0 Å². The van der Waals surface area contributed by atoms with Crippen LogP contribution < -0.4 is 5.32 Å². The van der Waals surface area contributed by atoms with Crippen LogP contribution in [0.15, 0.2) is 0 Å². The van der Waals surface area contributed by atoms with Gasteiger partial charge in [0.05, 0.1) is 6.61 Å². The maximum absolute atomic E-state index is 10.6. The Hall–Kier alpha value is -1.10. The van der Waals surface area contributed by atoms with E-state index >= 15 is 0 Å². The minimum absolute atomic E-state index is 0.212. The van der Waals surface area contributed by atoms with Crippen molar-refractivity contribution in [2.45, 2.75) is 19.4 Å². The van der Waals surface area contributed by atoms with Crippen molar-refractivity contribution in [1.29, 1.82) is 0 Å². The predicted octanol–water partition coefficient (Wildman–Crippen LogP) is -1.04. The number of hydrogen-bond acceptors (Lipinski definition) is 3. The molecule has 0 rings (SSSR count). The number of rotatable bonds is 4. The Bertz CT molecular complexity index is 157. The number of nitrogens with one attached hydrogen (secondary N) is 1. The van der Waals surface area contributed by atoms with Gasteiger partial charge in [-0.2, -0.15) is 0 Å². The zero-order chi connectivity index (χ0) is 8.85. The van der Waals surface area contributed by atoms with E-state index in [1.54, 1.807) is 6.92 Å². The van der Waals surface area contributed by atoms with Gasteiger partial charge in [-0.15, -0.1) is 0 Å². The first-order chi connectivity index (χ1) is 5.11. The number of aliphatic hydroxyl groups is 1. The molecule has 0 aromatic rings. The van der Waals surface area contributed by atoms with Gasteiger partial charge in [-0.25, -0.2) is 4.79 Å². The van der Waals surface area contributed by atoms with Gasteiger partial charge in [-0.3, -0.25) is 4.79 Å². The first kappa shape index (κ1) is 9.90. The zero-order valence-electron chi connectivity index (χ0n) is 6.20. The highest BCUT2D eigenvalue weighted by Crippen LogP contribution is 1.84. The van der Waals surface area contributed by atoms with Crippen LogP contribution in [-0.4, -0.2) is 34.7 Å². The number of carboxylic acids is 1. The van der Waals surface area contributed by atoms with Crippen molar-refractivity contribution in [1.82, 2.24) is 5.32 Å².